The largest absolute Gasteiger partial charge is 0.469 e. The maximum atomic E-state index is 12.5. The van der Waals surface area contributed by atoms with Gasteiger partial charge in [0.25, 0.3) is 0 Å². The fourth-order valence-corrected chi connectivity index (χ4v) is 2.74. The molecule has 1 fully saturated rings. The smallest absolute Gasteiger partial charge is 0.410 e. The van der Waals surface area contributed by atoms with Crippen LogP contribution >= 0.6 is 0 Å². The fraction of sp³-hybridized carbons (Fsp3) is 0.706. The van der Waals surface area contributed by atoms with Crippen LogP contribution in [0, 0.1) is 5.41 Å². The van der Waals surface area contributed by atoms with Crippen molar-refractivity contribution in [1.29, 1.82) is 0 Å². The molecule has 0 aromatic heterocycles. The Morgan fingerprint density at radius 1 is 1.39 bits per heavy atom. The summed E-state index contributed by atoms with van der Waals surface area (Å²) in [5.41, 5.74) is -1.38. The van der Waals surface area contributed by atoms with Crippen LogP contribution in [0.5, 0.6) is 0 Å². The molecule has 0 bridgehead atoms. The third-order valence-corrected chi connectivity index (χ3v) is 3.92. The molecule has 23 heavy (non-hydrogen) atoms. The Kier molecular flexibility index (Phi) is 6.36. The van der Waals surface area contributed by atoms with Gasteiger partial charge in [-0.25, -0.2) is 4.79 Å². The summed E-state index contributed by atoms with van der Waals surface area (Å²) in [6.45, 7) is 9.69. The highest BCUT2D eigenvalue weighted by molar-refractivity contribution is 5.88. The van der Waals surface area contributed by atoms with Gasteiger partial charge in [0.15, 0.2) is 0 Å². The van der Waals surface area contributed by atoms with Crippen molar-refractivity contribution in [1.82, 2.24) is 4.90 Å². The number of rotatable bonds is 5. The molecule has 6 nitrogen and oxygen atoms in total. The van der Waals surface area contributed by atoms with E-state index in [1.54, 1.807) is 31.7 Å². The van der Waals surface area contributed by atoms with Crippen LogP contribution in [-0.4, -0.2) is 48.5 Å². The molecule has 0 aromatic carbocycles. The number of nitrogens with zero attached hydrogens (tertiary/aromatic N) is 1. The Morgan fingerprint density at radius 3 is 2.57 bits per heavy atom. The van der Waals surface area contributed by atoms with E-state index < -0.39 is 17.1 Å². The minimum Gasteiger partial charge on any atom is -0.469 e. The molecule has 0 saturated carbocycles. The van der Waals surface area contributed by atoms with Gasteiger partial charge in [-0.3, -0.25) is 9.59 Å². The summed E-state index contributed by atoms with van der Waals surface area (Å²) in [5.74, 6) is -0.309. The monoisotopic (exact) mass is 325 g/mol. The molecule has 0 N–H and O–H groups in total. The van der Waals surface area contributed by atoms with Gasteiger partial charge >= 0.3 is 12.1 Å². The topological polar surface area (TPSA) is 72.9 Å². The lowest BCUT2D eigenvalue weighted by Crippen LogP contribution is -2.52. The van der Waals surface area contributed by atoms with Crippen LogP contribution in [0.25, 0.3) is 0 Å². The van der Waals surface area contributed by atoms with Crippen LogP contribution in [0.1, 0.15) is 46.5 Å². The Morgan fingerprint density at radius 2 is 2.04 bits per heavy atom. The number of allylic oxidation sites excluding steroid dienone is 1. The molecule has 1 atom stereocenters. The second-order valence-corrected chi connectivity index (χ2v) is 6.92. The number of carbonyl (C=O) groups is 3. The summed E-state index contributed by atoms with van der Waals surface area (Å²) in [6, 6.07) is 0. The number of hydrogen-bond donors (Lipinski definition) is 0. The third-order valence-electron chi connectivity index (χ3n) is 3.92. The zero-order chi connectivity index (χ0) is 17.7. The van der Waals surface area contributed by atoms with Crippen LogP contribution in [0.15, 0.2) is 12.7 Å². The minimum absolute atomic E-state index is 0.0566. The van der Waals surface area contributed by atoms with E-state index in [0.717, 1.165) is 0 Å². The van der Waals surface area contributed by atoms with Crippen LogP contribution in [0.3, 0.4) is 0 Å². The second-order valence-electron chi connectivity index (χ2n) is 6.92. The van der Waals surface area contributed by atoms with Gasteiger partial charge in [-0.05, 0) is 33.6 Å². The number of ether oxygens (including phenoxy) is 2. The van der Waals surface area contributed by atoms with Crippen molar-refractivity contribution in [2.24, 2.45) is 5.41 Å². The van der Waals surface area contributed by atoms with E-state index in [4.69, 9.17) is 4.74 Å². The first-order valence-electron chi connectivity index (χ1n) is 7.82. The van der Waals surface area contributed by atoms with E-state index in [-0.39, 0.29) is 31.1 Å². The van der Waals surface area contributed by atoms with Crippen molar-refractivity contribution >= 4 is 17.8 Å². The van der Waals surface area contributed by atoms with Crippen molar-refractivity contribution in [2.75, 3.05) is 20.2 Å². The molecular formula is C17H27NO5. The SMILES string of the molecule is C=CC[C@]1(CCC(=O)OC)CN(C(=O)OC(C)(C)C)CCC1=O. The summed E-state index contributed by atoms with van der Waals surface area (Å²) >= 11 is 0. The molecule has 0 unspecified atom stereocenters. The van der Waals surface area contributed by atoms with Gasteiger partial charge in [-0.15, -0.1) is 6.58 Å². The molecule has 1 aliphatic rings. The Balaban J connectivity index is 2.89. The lowest BCUT2D eigenvalue weighted by Gasteiger charge is -2.41. The summed E-state index contributed by atoms with van der Waals surface area (Å²) in [4.78, 5) is 37.8. The van der Waals surface area contributed by atoms with Crippen molar-refractivity contribution in [2.45, 2.75) is 52.1 Å². The van der Waals surface area contributed by atoms with Gasteiger partial charge in [0.05, 0.1) is 12.5 Å². The first-order chi connectivity index (χ1) is 10.6. The van der Waals surface area contributed by atoms with Crippen molar-refractivity contribution in [3.05, 3.63) is 12.7 Å². The predicted octanol–water partition coefficient (Wildman–Crippen LogP) is 2.71. The van der Waals surface area contributed by atoms with E-state index in [1.165, 1.54) is 7.11 Å². The number of Topliss-reactive ketones (excluding diaryl/α,β-unsaturated/α-hetero) is 1. The Labute approximate surface area is 137 Å². The molecule has 0 spiro atoms. The number of hydrogen-bond acceptors (Lipinski definition) is 5. The molecule has 1 aliphatic heterocycles. The van der Waals surface area contributed by atoms with Gasteiger partial charge in [-0.1, -0.05) is 6.08 Å². The highest BCUT2D eigenvalue weighted by Crippen LogP contribution is 2.36. The van der Waals surface area contributed by atoms with Crippen LogP contribution < -0.4 is 0 Å². The third kappa shape index (κ3) is 5.37. The van der Waals surface area contributed by atoms with Crippen molar-refractivity contribution in [3.8, 4) is 0 Å². The zero-order valence-corrected chi connectivity index (χ0v) is 14.5. The number of carbonyl (C=O) groups excluding carboxylic acids is 3. The number of esters is 1. The van der Waals surface area contributed by atoms with E-state index in [9.17, 15) is 14.4 Å². The number of piperidine rings is 1. The van der Waals surface area contributed by atoms with Crippen molar-refractivity contribution < 1.29 is 23.9 Å². The highest BCUT2D eigenvalue weighted by atomic mass is 16.6. The average Bonchev–Trinajstić information content (AvgIpc) is 2.46. The van der Waals surface area contributed by atoms with Crippen molar-refractivity contribution in [3.63, 3.8) is 0 Å². The van der Waals surface area contributed by atoms with E-state index in [2.05, 4.69) is 11.3 Å². The van der Waals surface area contributed by atoms with Crippen LogP contribution in [-0.2, 0) is 19.1 Å². The van der Waals surface area contributed by atoms with Gasteiger partial charge in [0.1, 0.15) is 11.4 Å². The lowest BCUT2D eigenvalue weighted by molar-refractivity contribution is -0.142. The van der Waals surface area contributed by atoms with E-state index in [0.29, 0.717) is 19.4 Å². The summed E-state index contributed by atoms with van der Waals surface area (Å²) in [6.07, 6.45) is 2.38. The lowest BCUT2D eigenvalue weighted by atomic mass is 9.72. The molecule has 0 radical (unpaired) electrons. The summed E-state index contributed by atoms with van der Waals surface area (Å²) < 4.78 is 10.0. The molecule has 130 valence electrons. The summed E-state index contributed by atoms with van der Waals surface area (Å²) in [5, 5.41) is 0. The number of likely N-dealkylation sites (tertiary alicyclic amines) is 1. The molecule has 0 aliphatic carbocycles. The van der Waals surface area contributed by atoms with Crippen LogP contribution in [0.4, 0.5) is 4.79 Å². The standard InChI is InChI=1S/C17H27NO5/c1-6-9-17(10-7-14(20)22-5)12-18(11-8-13(17)19)15(21)23-16(2,3)4/h6H,1,7-12H2,2-5H3/t17-/m0/s1. The molecule has 1 amide bonds. The summed E-state index contributed by atoms with van der Waals surface area (Å²) in [7, 11) is 1.32. The molecule has 1 saturated heterocycles. The zero-order valence-electron chi connectivity index (χ0n) is 14.5. The molecule has 0 aromatic rings. The minimum atomic E-state index is -0.787. The molecular weight excluding hydrogens is 298 g/mol. The molecule has 1 heterocycles. The molecule has 1 rings (SSSR count). The number of ketones is 1. The van der Waals surface area contributed by atoms with Gasteiger partial charge in [0.2, 0.25) is 0 Å². The van der Waals surface area contributed by atoms with E-state index in [1.807, 2.05) is 0 Å². The maximum absolute atomic E-state index is 12.5. The van der Waals surface area contributed by atoms with Gasteiger partial charge in [0, 0.05) is 25.9 Å². The fourth-order valence-electron chi connectivity index (χ4n) is 2.74. The number of methoxy groups -OCH3 is 1. The quantitative estimate of drug-likeness (QED) is 0.574. The average molecular weight is 325 g/mol. The predicted molar refractivity (Wildman–Crippen MR) is 85.9 cm³/mol. The second kappa shape index (κ2) is 7.62. The Hall–Kier alpha value is -1.85. The Bertz CT molecular complexity index is 480. The molecule has 6 heteroatoms. The van der Waals surface area contributed by atoms with Crippen LogP contribution in [0.2, 0.25) is 0 Å². The van der Waals surface area contributed by atoms with E-state index >= 15 is 0 Å². The first-order valence-corrected chi connectivity index (χ1v) is 7.82. The van der Waals surface area contributed by atoms with Gasteiger partial charge in [-0.2, -0.15) is 0 Å². The maximum Gasteiger partial charge on any atom is 0.410 e. The number of amides is 1. The van der Waals surface area contributed by atoms with Gasteiger partial charge < -0.3 is 14.4 Å². The normalized spacial score (nSPS) is 21.7. The highest BCUT2D eigenvalue weighted by Gasteiger charge is 2.44. The first kappa shape index (κ1) is 19.2.